The van der Waals surface area contributed by atoms with Gasteiger partial charge in [-0.05, 0) is 12.8 Å². The summed E-state index contributed by atoms with van der Waals surface area (Å²) in [6.45, 7) is -0.615. The van der Waals surface area contributed by atoms with E-state index in [1.807, 2.05) is 0 Å². The Kier molecular flexibility index (Phi) is 3.14. The molecule has 0 aromatic carbocycles. The van der Waals surface area contributed by atoms with Crippen LogP contribution < -0.4 is 11.2 Å². The lowest BCUT2D eigenvalue weighted by Gasteiger charge is -2.24. The van der Waals surface area contributed by atoms with Gasteiger partial charge in [0.05, 0.1) is 13.2 Å². The van der Waals surface area contributed by atoms with Crippen molar-refractivity contribution in [3.63, 3.8) is 0 Å². The van der Waals surface area contributed by atoms with Gasteiger partial charge >= 0.3 is 5.69 Å². The molecule has 3 N–H and O–H groups in total. The maximum absolute atomic E-state index is 11.5. The molecule has 1 aliphatic heterocycles. The Morgan fingerprint density at radius 2 is 2.18 bits per heavy atom. The first-order valence-electron chi connectivity index (χ1n) is 5.31. The van der Waals surface area contributed by atoms with Gasteiger partial charge in [0.15, 0.2) is 0 Å². The maximum atomic E-state index is 11.5. The normalized spacial score (nSPS) is 22.8. The molecule has 0 spiro atoms. The van der Waals surface area contributed by atoms with Crippen molar-refractivity contribution in [1.29, 1.82) is 0 Å². The molecule has 0 saturated carbocycles. The van der Waals surface area contributed by atoms with Crippen molar-refractivity contribution < 1.29 is 14.9 Å². The van der Waals surface area contributed by atoms with E-state index < -0.39 is 23.1 Å². The van der Waals surface area contributed by atoms with Crippen molar-refractivity contribution >= 4 is 0 Å². The Hall–Kier alpha value is -1.44. The molecule has 94 valence electrons. The Morgan fingerprint density at radius 1 is 1.47 bits per heavy atom. The van der Waals surface area contributed by atoms with Gasteiger partial charge in [-0.15, -0.1) is 0 Å². The van der Waals surface area contributed by atoms with Gasteiger partial charge in [0.2, 0.25) is 0 Å². The number of rotatable bonds is 3. The highest BCUT2D eigenvalue weighted by atomic mass is 16.5. The summed E-state index contributed by atoms with van der Waals surface area (Å²) in [5.74, 6) is 0. The molecule has 1 fully saturated rings. The molecule has 0 bridgehead atoms. The van der Waals surface area contributed by atoms with Gasteiger partial charge in [0.1, 0.15) is 11.8 Å². The minimum absolute atomic E-state index is 0.307. The van der Waals surface area contributed by atoms with E-state index in [-0.39, 0.29) is 13.2 Å². The van der Waals surface area contributed by atoms with E-state index in [1.165, 1.54) is 16.8 Å². The van der Waals surface area contributed by atoms with Crippen LogP contribution in [0, 0.1) is 0 Å². The van der Waals surface area contributed by atoms with Gasteiger partial charge in [0.25, 0.3) is 5.56 Å². The summed E-state index contributed by atoms with van der Waals surface area (Å²) in [5.41, 5.74) is -2.03. The van der Waals surface area contributed by atoms with E-state index in [9.17, 15) is 9.59 Å². The maximum Gasteiger partial charge on any atom is 0.330 e. The average molecular weight is 242 g/mol. The summed E-state index contributed by atoms with van der Waals surface area (Å²) < 4.78 is 6.74. The van der Waals surface area contributed by atoms with E-state index >= 15 is 0 Å². The van der Waals surface area contributed by atoms with Gasteiger partial charge < -0.3 is 14.9 Å². The second kappa shape index (κ2) is 4.44. The Morgan fingerprint density at radius 3 is 2.71 bits per heavy atom. The van der Waals surface area contributed by atoms with Crippen LogP contribution in [0.2, 0.25) is 0 Å². The van der Waals surface area contributed by atoms with E-state index in [0.717, 1.165) is 0 Å². The molecule has 0 radical (unpaired) electrons. The summed E-state index contributed by atoms with van der Waals surface area (Å²) in [4.78, 5) is 24.6. The third kappa shape index (κ3) is 2.17. The fraction of sp³-hybridized carbons (Fsp3) is 0.600. The Bertz CT molecular complexity index is 502. The van der Waals surface area contributed by atoms with Crippen molar-refractivity contribution in [2.75, 3.05) is 13.2 Å². The average Bonchev–Trinajstić information content (AvgIpc) is 2.74. The number of aromatic nitrogens is 2. The summed E-state index contributed by atoms with van der Waals surface area (Å²) in [5, 5.41) is 18.3. The monoisotopic (exact) mass is 242 g/mol. The number of aliphatic hydroxyl groups is 2. The van der Waals surface area contributed by atoms with Crippen LogP contribution in [0.5, 0.6) is 0 Å². The lowest BCUT2D eigenvalue weighted by molar-refractivity contribution is -0.122. The first kappa shape index (κ1) is 12.0. The minimum atomic E-state index is -1.000. The van der Waals surface area contributed by atoms with Gasteiger partial charge in [-0.1, -0.05) is 0 Å². The largest absolute Gasteiger partial charge is 0.393 e. The molecule has 1 aromatic rings. The van der Waals surface area contributed by atoms with Crippen LogP contribution in [0.3, 0.4) is 0 Å². The molecule has 1 saturated heterocycles. The molecular formula is C10H14N2O5. The van der Waals surface area contributed by atoms with E-state index in [0.29, 0.717) is 12.8 Å². The topological polar surface area (TPSA) is 105 Å². The van der Waals surface area contributed by atoms with Crippen LogP contribution in [-0.4, -0.2) is 38.6 Å². The smallest absolute Gasteiger partial charge is 0.330 e. The number of H-pyrrole nitrogens is 1. The molecule has 2 heterocycles. The lowest BCUT2D eigenvalue weighted by Crippen LogP contribution is -2.38. The molecule has 7 heteroatoms. The molecule has 1 aromatic heterocycles. The van der Waals surface area contributed by atoms with Crippen LogP contribution in [0.1, 0.15) is 19.1 Å². The molecule has 17 heavy (non-hydrogen) atoms. The molecule has 1 aliphatic rings. The van der Waals surface area contributed by atoms with Crippen LogP contribution in [0.25, 0.3) is 0 Å². The number of nitrogens with one attached hydrogen (secondary N) is 1. The number of hydrogen-bond donors (Lipinski definition) is 3. The summed E-state index contributed by atoms with van der Waals surface area (Å²) in [6, 6.07) is 1.22. The Balaban J connectivity index is 2.26. The second-order valence-corrected chi connectivity index (χ2v) is 4.13. The first-order valence-corrected chi connectivity index (χ1v) is 5.31. The van der Waals surface area contributed by atoms with E-state index in [2.05, 4.69) is 4.98 Å². The number of ether oxygens (including phenoxy) is 1. The molecule has 0 amide bonds. The molecular weight excluding hydrogens is 228 g/mol. The fourth-order valence-electron chi connectivity index (χ4n) is 1.93. The molecule has 7 nitrogen and oxygen atoms in total. The molecule has 2 rings (SSSR count). The van der Waals surface area contributed by atoms with Gasteiger partial charge in [-0.3, -0.25) is 14.3 Å². The van der Waals surface area contributed by atoms with Crippen LogP contribution >= 0.6 is 0 Å². The number of aromatic amines is 1. The quantitative estimate of drug-likeness (QED) is 0.602. The zero-order chi connectivity index (χ0) is 12.5. The predicted octanol–water partition coefficient (Wildman–Crippen LogP) is -1.43. The zero-order valence-electron chi connectivity index (χ0n) is 9.13. The van der Waals surface area contributed by atoms with Crippen molar-refractivity contribution in [1.82, 2.24) is 9.55 Å². The predicted molar refractivity (Wildman–Crippen MR) is 57.6 cm³/mol. The van der Waals surface area contributed by atoms with Crippen molar-refractivity contribution in [3.05, 3.63) is 33.1 Å². The van der Waals surface area contributed by atoms with Gasteiger partial charge in [0, 0.05) is 12.3 Å². The molecule has 0 aliphatic carbocycles. The highest BCUT2D eigenvalue weighted by Crippen LogP contribution is 2.34. The summed E-state index contributed by atoms with van der Waals surface area (Å²) >= 11 is 0. The molecule has 1 atom stereocenters. The van der Waals surface area contributed by atoms with E-state index in [1.54, 1.807) is 0 Å². The molecule has 0 unspecified atom stereocenters. The SMILES string of the molecule is O=c1ccn([C@H]2CCC(CO)(CO)O2)c(=O)[nH]1. The van der Waals surface area contributed by atoms with Crippen molar-refractivity contribution in [3.8, 4) is 0 Å². The van der Waals surface area contributed by atoms with Gasteiger partial charge in [-0.2, -0.15) is 0 Å². The fourth-order valence-corrected chi connectivity index (χ4v) is 1.93. The number of aliphatic hydroxyl groups excluding tert-OH is 2. The third-order valence-corrected chi connectivity index (χ3v) is 2.97. The van der Waals surface area contributed by atoms with E-state index in [4.69, 9.17) is 14.9 Å². The highest BCUT2D eigenvalue weighted by Gasteiger charge is 2.40. The lowest BCUT2D eigenvalue weighted by atomic mass is 10.0. The highest BCUT2D eigenvalue weighted by molar-refractivity contribution is 4.90. The summed E-state index contributed by atoms with van der Waals surface area (Å²) in [6.07, 6.45) is 1.72. The van der Waals surface area contributed by atoms with Crippen LogP contribution in [0.15, 0.2) is 21.9 Å². The van der Waals surface area contributed by atoms with Crippen LogP contribution in [-0.2, 0) is 4.74 Å². The third-order valence-electron chi connectivity index (χ3n) is 2.97. The number of nitrogens with zero attached hydrogens (tertiary/aromatic N) is 1. The van der Waals surface area contributed by atoms with Gasteiger partial charge in [-0.25, -0.2) is 4.79 Å². The van der Waals surface area contributed by atoms with Crippen molar-refractivity contribution in [2.45, 2.75) is 24.7 Å². The second-order valence-electron chi connectivity index (χ2n) is 4.13. The van der Waals surface area contributed by atoms with Crippen LogP contribution in [0.4, 0.5) is 0 Å². The van der Waals surface area contributed by atoms with Crippen molar-refractivity contribution in [2.24, 2.45) is 0 Å². The first-order chi connectivity index (χ1) is 8.10. The zero-order valence-corrected chi connectivity index (χ0v) is 9.13. The number of hydrogen-bond acceptors (Lipinski definition) is 5. The summed E-state index contributed by atoms with van der Waals surface area (Å²) in [7, 11) is 0. The standard InChI is InChI=1S/C10H14N2O5/c13-5-10(6-14)3-1-8(17-10)12-4-2-7(15)11-9(12)16/h2,4,8,13-14H,1,3,5-6H2,(H,11,15,16)/t8-/m1/s1. The minimum Gasteiger partial charge on any atom is -0.393 e. The Labute approximate surface area is 96.3 Å².